The standard InChI is InChI=1S/C17H20O4/c1-4-14(17(20)21-5-2)16(19)15(18)12(3)11-13-9-7-6-8-10-13/h6-11,14H,4-5H2,1-3H3/b12-11+. The molecule has 21 heavy (non-hydrogen) atoms. The number of rotatable bonds is 7. The van der Waals surface area contributed by atoms with Crippen molar-refractivity contribution in [3.8, 4) is 0 Å². The molecule has 0 amide bonds. The fourth-order valence-electron chi connectivity index (χ4n) is 1.92. The average Bonchev–Trinajstić information content (AvgIpc) is 2.48. The van der Waals surface area contributed by atoms with Crippen molar-refractivity contribution in [2.45, 2.75) is 27.2 Å². The van der Waals surface area contributed by atoms with Crippen LogP contribution in [0.15, 0.2) is 35.9 Å². The van der Waals surface area contributed by atoms with Crippen LogP contribution in [0.1, 0.15) is 32.8 Å². The number of ether oxygens (including phenoxy) is 1. The Hall–Kier alpha value is -2.23. The summed E-state index contributed by atoms with van der Waals surface area (Å²) in [5.41, 5.74) is 1.15. The van der Waals surface area contributed by atoms with Gasteiger partial charge in [0.15, 0.2) is 0 Å². The molecule has 4 heteroatoms. The zero-order valence-electron chi connectivity index (χ0n) is 12.6. The lowest BCUT2D eigenvalue weighted by Crippen LogP contribution is -2.31. The molecule has 1 aromatic carbocycles. The van der Waals surface area contributed by atoms with Crippen molar-refractivity contribution in [3.05, 3.63) is 41.5 Å². The molecule has 1 rings (SSSR count). The van der Waals surface area contributed by atoms with Crippen molar-refractivity contribution in [2.24, 2.45) is 5.92 Å². The van der Waals surface area contributed by atoms with E-state index >= 15 is 0 Å². The van der Waals surface area contributed by atoms with Crippen LogP contribution in [0.5, 0.6) is 0 Å². The lowest BCUT2D eigenvalue weighted by atomic mass is 9.94. The summed E-state index contributed by atoms with van der Waals surface area (Å²) in [6.07, 6.45) is 1.89. The van der Waals surface area contributed by atoms with E-state index in [1.807, 2.05) is 30.3 Å². The van der Waals surface area contributed by atoms with E-state index in [1.54, 1.807) is 26.8 Å². The van der Waals surface area contributed by atoms with Crippen molar-refractivity contribution in [3.63, 3.8) is 0 Å². The van der Waals surface area contributed by atoms with Gasteiger partial charge in [-0.05, 0) is 31.9 Å². The fourth-order valence-corrected chi connectivity index (χ4v) is 1.92. The van der Waals surface area contributed by atoms with Gasteiger partial charge in [0.1, 0.15) is 5.92 Å². The van der Waals surface area contributed by atoms with Crippen molar-refractivity contribution in [2.75, 3.05) is 6.61 Å². The maximum absolute atomic E-state index is 12.1. The molecule has 0 fully saturated rings. The van der Waals surface area contributed by atoms with Crippen molar-refractivity contribution in [1.82, 2.24) is 0 Å². The number of benzene rings is 1. The van der Waals surface area contributed by atoms with E-state index < -0.39 is 23.5 Å². The van der Waals surface area contributed by atoms with Crippen molar-refractivity contribution >= 4 is 23.6 Å². The summed E-state index contributed by atoms with van der Waals surface area (Å²) in [5, 5.41) is 0. The highest BCUT2D eigenvalue weighted by Gasteiger charge is 2.31. The molecule has 0 N–H and O–H groups in total. The number of hydrogen-bond donors (Lipinski definition) is 0. The molecule has 0 aliphatic carbocycles. The molecule has 0 saturated heterocycles. The zero-order valence-corrected chi connectivity index (χ0v) is 12.6. The number of esters is 1. The Morgan fingerprint density at radius 1 is 1.14 bits per heavy atom. The smallest absolute Gasteiger partial charge is 0.316 e. The molecule has 0 aliphatic rings. The molecule has 1 aromatic rings. The first-order chi connectivity index (χ1) is 10.0. The fraction of sp³-hybridized carbons (Fsp3) is 0.353. The SMILES string of the molecule is CCOC(=O)C(CC)C(=O)C(=O)/C(C)=C/c1ccccc1. The third-order valence-corrected chi connectivity index (χ3v) is 3.06. The summed E-state index contributed by atoms with van der Waals surface area (Å²) in [6.45, 7) is 5.11. The van der Waals surface area contributed by atoms with Crippen molar-refractivity contribution in [1.29, 1.82) is 0 Å². The predicted octanol–water partition coefficient (Wildman–Crippen LogP) is 2.82. The number of hydrogen-bond acceptors (Lipinski definition) is 4. The van der Waals surface area contributed by atoms with Gasteiger partial charge in [-0.15, -0.1) is 0 Å². The number of allylic oxidation sites excluding steroid dienone is 1. The monoisotopic (exact) mass is 288 g/mol. The molecule has 4 nitrogen and oxygen atoms in total. The van der Waals surface area contributed by atoms with E-state index in [-0.39, 0.29) is 13.0 Å². The maximum Gasteiger partial charge on any atom is 0.316 e. The van der Waals surface area contributed by atoms with E-state index in [0.29, 0.717) is 5.57 Å². The normalized spacial score (nSPS) is 12.6. The second-order valence-electron chi connectivity index (χ2n) is 4.64. The molecule has 0 aliphatic heterocycles. The van der Waals surface area contributed by atoms with Crippen LogP contribution < -0.4 is 0 Å². The summed E-state index contributed by atoms with van der Waals surface area (Å²) < 4.78 is 4.83. The predicted molar refractivity (Wildman–Crippen MR) is 80.5 cm³/mol. The van der Waals surface area contributed by atoms with Gasteiger partial charge >= 0.3 is 5.97 Å². The lowest BCUT2D eigenvalue weighted by Gasteiger charge is -2.11. The Bertz CT molecular complexity index is 543. The molecule has 112 valence electrons. The minimum Gasteiger partial charge on any atom is -0.465 e. The molecule has 0 spiro atoms. The number of Topliss-reactive ketones (excluding diaryl/α,β-unsaturated/α-hetero) is 2. The molecular formula is C17H20O4. The summed E-state index contributed by atoms with van der Waals surface area (Å²) in [7, 11) is 0. The molecule has 1 atom stereocenters. The van der Waals surface area contributed by atoms with Crippen LogP contribution in [0.3, 0.4) is 0 Å². The van der Waals surface area contributed by atoms with E-state index in [1.165, 1.54) is 0 Å². The first-order valence-corrected chi connectivity index (χ1v) is 6.99. The average molecular weight is 288 g/mol. The summed E-state index contributed by atoms with van der Waals surface area (Å²) >= 11 is 0. The summed E-state index contributed by atoms with van der Waals surface area (Å²) in [6, 6.07) is 9.24. The quantitative estimate of drug-likeness (QED) is 0.335. The second-order valence-corrected chi connectivity index (χ2v) is 4.64. The first-order valence-electron chi connectivity index (χ1n) is 6.99. The highest BCUT2D eigenvalue weighted by molar-refractivity contribution is 6.47. The minimum atomic E-state index is -1.02. The van der Waals surface area contributed by atoms with Crippen LogP contribution in [0.2, 0.25) is 0 Å². The van der Waals surface area contributed by atoms with Crippen molar-refractivity contribution < 1.29 is 19.1 Å². The Kier molecular flexibility index (Phi) is 6.53. The van der Waals surface area contributed by atoms with Gasteiger partial charge in [0.25, 0.3) is 0 Å². The van der Waals surface area contributed by atoms with E-state index in [9.17, 15) is 14.4 Å². The Morgan fingerprint density at radius 2 is 1.76 bits per heavy atom. The maximum atomic E-state index is 12.1. The lowest BCUT2D eigenvalue weighted by molar-refractivity contribution is -0.153. The van der Waals surface area contributed by atoms with Gasteiger partial charge in [-0.2, -0.15) is 0 Å². The van der Waals surface area contributed by atoms with Gasteiger partial charge in [-0.25, -0.2) is 0 Å². The summed E-state index contributed by atoms with van der Waals surface area (Å²) in [4.78, 5) is 35.9. The van der Waals surface area contributed by atoms with Gasteiger partial charge in [0.2, 0.25) is 11.6 Å². The Labute approximate surface area is 124 Å². The highest BCUT2D eigenvalue weighted by atomic mass is 16.5. The molecule has 0 saturated carbocycles. The topological polar surface area (TPSA) is 60.4 Å². The van der Waals surface area contributed by atoms with Crippen LogP contribution in [0.25, 0.3) is 6.08 Å². The molecule has 0 aromatic heterocycles. The molecule has 1 unspecified atom stereocenters. The van der Waals surface area contributed by atoms with Crippen LogP contribution in [0.4, 0.5) is 0 Å². The van der Waals surface area contributed by atoms with Crippen LogP contribution >= 0.6 is 0 Å². The van der Waals surface area contributed by atoms with Gasteiger partial charge in [0.05, 0.1) is 6.61 Å². The van der Waals surface area contributed by atoms with Crippen LogP contribution in [-0.2, 0) is 19.1 Å². The van der Waals surface area contributed by atoms with Gasteiger partial charge in [-0.1, -0.05) is 37.3 Å². The van der Waals surface area contributed by atoms with Crippen LogP contribution in [0, 0.1) is 5.92 Å². The third-order valence-electron chi connectivity index (χ3n) is 3.06. The van der Waals surface area contributed by atoms with Gasteiger partial charge in [0, 0.05) is 5.57 Å². The van der Waals surface area contributed by atoms with E-state index in [4.69, 9.17) is 4.74 Å². The first kappa shape index (κ1) is 16.8. The van der Waals surface area contributed by atoms with Gasteiger partial charge < -0.3 is 4.74 Å². The largest absolute Gasteiger partial charge is 0.465 e. The molecule has 0 heterocycles. The molecule has 0 bridgehead atoms. The highest BCUT2D eigenvalue weighted by Crippen LogP contribution is 2.13. The number of carbonyl (C=O) groups excluding carboxylic acids is 3. The molecule has 0 radical (unpaired) electrons. The number of carbonyl (C=O) groups is 3. The summed E-state index contributed by atoms with van der Waals surface area (Å²) in [5.74, 6) is -3.00. The second kappa shape index (κ2) is 8.15. The zero-order chi connectivity index (χ0) is 15.8. The minimum absolute atomic E-state index is 0.190. The van der Waals surface area contributed by atoms with Gasteiger partial charge in [-0.3, -0.25) is 14.4 Å². The Balaban J connectivity index is 2.88. The third kappa shape index (κ3) is 4.67. The molecular weight excluding hydrogens is 268 g/mol. The number of ketones is 2. The van der Waals surface area contributed by atoms with E-state index in [2.05, 4.69) is 0 Å². The van der Waals surface area contributed by atoms with Crippen LogP contribution in [-0.4, -0.2) is 24.1 Å². The Morgan fingerprint density at radius 3 is 2.29 bits per heavy atom. The van der Waals surface area contributed by atoms with E-state index in [0.717, 1.165) is 5.56 Å².